The second-order valence-corrected chi connectivity index (χ2v) is 5.52. The zero-order chi connectivity index (χ0) is 11.8. The number of nitrogens with zero attached hydrogens (tertiary/aromatic N) is 3. The SMILES string of the molecule is Cn1cc(C2C(N)CCCCN2C2CC2)cn1. The first kappa shape index (κ1) is 11.2. The fourth-order valence-corrected chi connectivity index (χ4v) is 3.06. The Labute approximate surface area is 103 Å². The molecule has 4 heteroatoms. The number of aromatic nitrogens is 2. The molecule has 3 rings (SSSR count). The van der Waals surface area contributed by atoms with Crippen molar-refractivity contribution in [3.63, 3.8) is 0 Å². The molecule has 0 spiro atoms. The van der Waals surface area contributed by atoms with Crippen LogP contribution >= 0.6 is 0 Å². The predicted octanol–water partition coefficient (Wildman–Crippen LogP) is 1.44. The maximum absolute atomic E-state index is 6.40. The van der Waals surface area contributed by atoms with Gasteiger partial charge in [-0.1, -0.05) is 6.42 Å². The van der Waals surface area contributed by atoms with Gasteiger partial charge in [-0.05, 0) is 32.2 Å². The van der Waals surface area contributed by atoms with Gasteiger partial charge in [0, 0.05) is 30.9 Å². The number of hydrogen-bond donors (Lipinski definition) is 1. The molecule has 1 aromatic heterocycles. The number of aryl methyl sites for hydroxylation is 1. The minimum atomic E-state index is 0.266. The Morgan fingerprint density at radius 3 is 2.76 bits per heavy atom. The molecule has 1 aliphatic heterocycles. The third-order valence-corrected chi connectivity index (χ3v) is 4.05. The molecule has 2 atom stereocenters. The van der Waals surface area contributed by atoms with Crippen LogP contribution in [-0.2, 0) is 7.05 Å². The highest BCUT2D eigenvalue weighted by Gasteiger charge is 2.38. The van der Waals surface area contributed by atoms with E-state index in [0.29, 0.717) is 6.04 Å². The third-order valence-electron chi connectivity index (χ3n) is 4.05. The van der Waals surface area contributed by atoms with E-state index in [1.165, 1.54) is 37.8 Å². The molecule has 17 heavy (non-hydrogen) atoms. The van der Waals surface area contributed by atoms with Crippen LogP contribution in [0.25, 0.3) is 0 Å². The van der Waals surface area contributed by atoms with E-state index in [-0.39, 0.29) is 6.04 Å². The molecule has 2 N–H and O–H groups in total. The topological polar surface area (TPSA) is 47.1 Å². The molecule has 1 aliphatic carbocycles. The molecule has 94 valence electrons. The zero-order valence-electron chi connectivity index (χ0n) is 10.5. The highest BCUT2D eigenvalue weighted by atomic mass is 15.3. The molecule has 1 saturated heterocycles. The van der Waals surface area contributed by atoms with Crippen LogP contribution < -0.4 is 5.73 Å². The molecular formula is C13H22N4. The van der Waals surface area contributed by atoms with Crippen LogP contribution in [0.1, 0.15) is 43.7 Å². The average Bonchev–Trinajstić information content (AvgIpc) is 3.07. The van der Waals surface area contributed by atoms with Crippen LogP contribution in [-0.4, -0.2) is 33.3 Å². The normalized spacial score (nSPS) is 31.4. The van der Waals surface area contributed by atoms with Gasteiger partial charge in [0.25, 0.3) is 0 Å². The van der Waals surface area contributed by atoms with E-state index in [4.69, 9.17) is 5.73 Å². The largest absolute Gasteiger partial charge is 0.326 e. The summed E-state index contributed by atoms with van der Waals surface area (Å²) in [5, 5.41) is 4.31. The highest BCUT2D eigenvalue weighted by molar-refractivity contribution is 5.15. The standard InChI is InChI=1S/C13H22N4/c1-16-9-10(8-15-16)13-12(14)4-2-3-7-17(13)11-5-6-11/h8-9,11-13H,2-7,14H2,1H3. The Bertz CT molecular complexity index is 383. The lowest BCUT2D eigenvalue weighted by Gasteiger charge is -2.32. The van der Waals surface area contributed by atoms with Gasteiger partial charge in [0.05, 0.1) is 12.2 Å². The van der Waals surface area contributed by atoms with E-state index in [9.17, 15) is 0 Å². The maximum atomic E-state index is 6.40. The summed E-state index contributed by atoms with van der Waals surface area (Å²) in [5.74, 6) is 0. The summed E-state index contributed by atoms with van der Waals surface area (Å²) in [6, 6.07) is 1.44. The summed E-state index contributed by atoms with van der Waals surface area (Å²) in [6.45, 7) is 1.21. The first-order valence-corrected chi connectivity index (χ1v) is 6.75. The number of hydrogen-bond acceptors (Lipinski definition) is 3. The van der Waals surface area contributed by atoms with Crippen molar-refractivity contribution in [2.75, 3.05) is 6.54 Å². The first-order chi connectivity index (χ1) is 8.25. The molecule has 4 nitrogen and oxygen atoms in total. The molecule has 0 aromatic carbocycles. The quantitative estimate of drug-likeness (QED) is 0.842. The monoisotopic (exact) mass is 234 g/mol. The second-order valence-electron chi connectivity index (χ2n) is 5.52. The fourth-order valence-electron chi connectivity index (χ4n) is 3.06. The van der Waals surface area contributed by atoms with Gasteiger partial charge < -0.3 is 5.73 Å². The van der Waals surface area contributed by atoms with E-state index in [1.54, 1.807) is 0 Å². The first-order valence-electron chi connectivity index (χ1n) is 6.75. The van der Waals surface area contributed by atoms with Crippen molar-refractivity contribution >= 4 is 0 Å². The molecule has 2 heterocycles. The van der Waals surface area contributed by atoms with Gasteiger partial charge in [-0.25, -0.2) is 0 Å². The number of rotatable bonds is 2. The van der Waals surface area contributed by atoms with Gasteiger partial charge in [0.2, 0.25) is 0 Å². The molecule has 0 bridgehead atoms. The van der Waals surface area contributed by atoms with Crippen molar-refractivity contribution in [2.24, 2.45) is 12.8 Å². The third kappa shape index (κ3) is 2.24. The Hall–Kier alpha value is -0.870. The van der Waals surface area contributed by atoms with Gasteiger partial charge in [0.15, 0.2) is 0 Å². The van der Waals surface area contributed by atoms with Crippen molar-refractivity contribution < 1.29 is 0 Å². The minimum Gasteiger partial charge on any atom is -0.326 e. The number of nitrogens with two attached hydrogens (primary N) is 1. The molecule has 2 fully saturated rings. The van der Waals surface area contributed by atoms with Crippen molar-refractivity contribution in [1.29, 1.82) is 0 Å². The van der Waals surface area contributed by atoms with Crippen molar-refractivity contribution in [2.45, 2.75) is 50.2 Å². The van der Waals surface area contributed by atoms with Crippen LogP contribution in [0.2, 0.25) is 0 Å². The fraction of sp³-hybridized carbons (Fsp3) is 0.769. The summed E-state index contributed by atoms with van der Waals surface area (Å²) < 4.78 is 1.89. The minimum absolute atomic E-state index is 0.266. The van der Waals surface area contributed by atoms with E-state index < -0.39 is 0 Å². The molecule has 1 aromatic rings. The Kier molecular flexibility index (Phi) is 2.92. The maximum Gasteiger partial charge on any atom is 0.0538 e. The smallest absolute Gasteiger partial charge is 0.0538 e. The summed E-state index contributed by atoms with van der Waals surface area (Å²) in [5.41, 5.74) is 7.70. The summed E-state index contributed by atoms with van der Waals surface area (Å²) in [4.78, 5) is 2.63. The van der Waals surface area contributed by atoms with Crippen molar-refractivity contribution in [3.05, 3.63) is 18.0 Å². The molecule has 2 unspecified atom stereocenters. The van der Waals surface area contributed by atoms with Crippen molar-refractivity contribution in [3.8, 4) is 0 Å². The van der Waals surface area contributed by atoms with Crippen LogP contribution in [0.5, 0.6) is 0 Å². The van der Waals surface area contributed by atoms with Crippen LogP contribution in [0.3, 0.4) is 0 Å². The average molecular weight is 234 g/mol. The van der Waals surface area contributed by atoms with Gasteiger partial charge >= 0.3 is 0 Å². The molecule has 0 radical (unpaired) electrons. The lowest BCUT2D eigenvalue weighted by molar-refractivity contribution is 0.175. The lowest BCUT2D eigenvalue weighted by Crippen LogP contribution is -2.40. The van der Waals surface area contributed by atoms with E-state index in [1.807, 2.05) is 17.9 Å². The summed E-state index contributed by atoms with van der Waals surface area (Å²) in [6.07, 6.45) is 10.5. The van der Waals surface area contributed by atoms with Gasteiger partial charge in [-0.3, -0.25) is 9.58 Å². The molecule has 0 amide bonds. The molecule has 1 saturated carbocycles. The highest BCUT2D eigenvalue weighted by Crippen LogP contribution is 2.38. The lowest BCUT2D eigenvalue weighted by atomic mass is 9.99. The van der Waals surface area contributed by atoms with Crippen LogP contribution in [0.15, 0.2) is 12.4 Å². The van der Waals surface area contributed by atoms with Gasteiger partial charge in [0.1, 0.15) is 0 Å². The van der Waals surface area contributed by atoms with Crippen LogP contribution in [0, 0.1) is 0 Å². The van der Waals surface area contributed by atoms with Crippen LogP contribution in [0.4, 0.5) is 0 Å². The summed E-state index contributed by atoms with van der Waals surface area (Å²) in [7, 11) is 1.98. The molecule has 2 aliphatic rings. The van der Waals surface area contributed by atoms with Gasteiger partial charge in [-0.2, -0.15) is 5.10 Å². The van der Waals surface area contributed by atoms with Gasteiger partial charge in [-0.15, -0.1) is 0 Å². The Morgan fingerprint density at radius 2 is 2.12 bits per heavy atom. The molecular weight excluding hydrogens is 212 g/mol. The second kappa shape index (κ2) is 4.42. The Balaban J connectivity index is 1.89. The van der Waals surface area contributed by atoms with E-state index >= 15 is 0 Å². The van der Waals surface area contributed by atoms with E-state index in [2.05, 4.69) is 16.2 Å². The number of likely N-dealkylation sites (tertiary alicyclic amines) is 1. The van der Waals surface area contributed by atoms with E-state index in [0.717, 1.165) is 12.5 Å². The Morgan fingerprint density at radius 1 is 1.29 bits per heavy atom. The zero-order valence-corrected chi connectivity index (χ0v) is 10.5. The predicted molar refractivity (Wildman–Crippen MR) is 67.5 cm³/mol. The van der Waals surface area contributed by atoms with Crippen molar-refractivity contribution in [1.82, 2.24) is 14.7 Å². The summed E-state index contributed by atoms with van der Waals surface area (Å²) >= 11 is 0.